The van der Waals surface area contributed by atoms with Crippen LogP contribution in [0.5, 0.6) is 0 Å². The molecular formula is C12H19NO4S. The molecule has 1 rings (SSSR count). The second kappa shape index (κ2) is 6.84. The molecule has 1 aromatic rings. The minimum atomic E-state index is -3.49. The maximum absolute atomic E-state index is 12.0. The van der Waals surface area contributed by atoms with E-state index < -0.39 is 10.0 Å². The summed E-state index contributed by atoms with van der Waals surface area (Å²) in [4.78, 5) is 0.287. The fraction of sp³-hybridized carbons (Fsp3) is 0.500. The molecule has 0 aromatic heterocycles. The van der Waals surface area contributed by atoms with Crippen molar-refractivity contribution in [2.45, 2.75) is 18.7 Å². The largest absolute Gasteiger partial charge is 0.394 e. The molecule has 0 aliphatic rings. The highest BCUT2D eigenvalue weighted by atomic mass is 32.2. The normalized spacial score (nSPS) is 11.7. The van der Waals surface area contributed by atoms with Crippen LogP contribution in [0.4, 0.5) is 0 Å². The van der Waals surface area contributed by atoms with Crippen LogP contribution in [0.3, 0.4) is 0 Å². The predicted molar refractivity (Wildman–Crippen MR) is 69.0 cm³/mol. The Morgan fingerprint density at radius 2 is 2.00 bits per heavy atom. The van der Waals surface area contributed by atoms with Gasteiger partial charge in [-0.3, -0.25) is 0 Å². The molecule has 6 heteroatoms. The Bertz CT molecular complexity index is 485. The third kappa shape index (κ3) is 4.38. The van der Waals surface area contributed by atoms with Crippen LogP contribution >= 0.6 is 0 Å². The van der Waals surface area contributed by atoms with Gasteiger partial charge in [0.05, 0.1) is 24.7 Å². The minimum absolute atomic E-state index is 0.0657. The molecule has 0 aliphatic carbocycles. The van der Waals surface area contributed by atoms with E-state index in [-0.39, 0.29) is 31.3 Å². The van der Waals surface area contributed by atoms with Gasteiger partial charge in [-0.1, -0.05) is 17.7 Å². The molecule has 102 valence electrons. The van der Waals surface area contributed by atoms with Crippen LogP contribution < -0.4 is 4.72 Å². The number of nitrogens with one attached hydrogen (secondary N) is 1. The van der Waals surface area contributed by atoms with Gasteiger partial charge in [0.1, 0.15) is 0 Å². The number of aryl methyl sites for hydroxylation is 2. The lowest BCUT2D eigenvalue weighted by Gasteiger charge is -2.10. The minimum Gasteiger partial charge on any atom is -0.394 e. The van der Waals surface area contributed by atoms with Crippen molar-refractivity contribution in [2.24, 2.45) is 0 Å². The summed E-state index contributed by atoms with van der Waals surface area (Å²) < 4.78 is 31.4. The van der Waals surface area contributed by atoms with Crippen molar-refractivity contribution in [3.05, 3.63) is 29.3 Å². The Balaban J connectivity index is 2.63. The zero-order valence-corrected chi connectivity index (χ0v) is 11.5. The third-order valence-electron chi connectivity index (χ3n) is 2.39. The van der Waals surface area contributed by atoms with E-state index >= 15 is 0 Å². The molecule has 0 radical (unpaired) electrons. The average molecular weight is 273 g/mol. The van der Waals surface area contributed by atoms with E-state index in [4.69, 9.17) is 9.84 Å². The van der Waals surface area contributed by atoms with E-state index in [1.165, 1.54) is 0 Å². The summed E-state index contributed by atoms with van der Waals surface area (Å²) in [6.45, 7) is 4.26. The first-order valence-corrected chi connectivity index (χ1v) is 7.21. The monoisotopic (exact) mass is 273 g/mol. The highest BCUT2D eigenvalue weighted by Gasteiger charge is 2.15. The number of benzene rings is 1. The first kappa shape index (κ1) is 15.1. The first-order valence-electron chi connectivity index (χ1n) is 5.73. The maximum Gasteiger partial charge on any atom is 0.240 e. The number of aliphatic hydroxyl groups excluding tert-OH is 1. The molecule has 0 bridgehead atoms. The zero-order chi connectivity index (χ0) is 13.6. The quantitative estimate of drug-likeness (QED) is 0.713. The Kier molecular flexibility index (Phi) is 5.74. The Morgan fingerprint density at radius 3 is 2.61 bits per heavy atom. The van der Waals surface area contributed by atoms with Crippen molar-refractivity contribution in [1.82, 2.24) is 4.72 Å². The van der Waals surface area contributed by atoms with Crippen molar-refractivity contribution in [2.75, 3.05) is 26.4 Å². The predicted octanol–water partition coefficient (Wildman–Crippen LogP) is 0.591. The molecule has 0 aliphatic heterocycles. The highest BCUT2D eigenvalue weighted by Crippen LogP contribution is 2.15. The van der Waals surface area contributed by atoms with Crippen molar-refractivity contribution < 1.29 is 18.3 Å². The lowest BCUT2D eigenvalue weighted by Crippen LogP contribution is -2.28. The van der Waals surface area contributed by atoms with Crippen molar-refractivity contribution >= 4 is 10.0 Å². The molecule has 0 amide bonds. The molecule has 0 heterocycles. The summed E-state index contributed by atoms with van der Waals surface area (Å²) in [5.74, 6) is 0. The molecule has 18 heavy (non-hydrogen) atoms. The highest BCUT2D eigenvalue weighted by molar-refractivity contribution is 7.89. The van der Waals surface area contributed by atoms with Gasteiger partial charge in [0, 0.05) is 6.54 Å². The van der Waals surface area contributed by atoms with Gasteiger partial charge in [0.15, 0.2) is 0 Å². The molecule has 0 atom stereocenters. The Labute approximate surface area is 108 Å². The number of hydrogen-bond donors (Lipinski definition) is 2. The van der Waals surface area contributed by atoms with Crippen molar-refractivity contribution in [1.29, 1.82) is 0 Å². The number of hydrogen-bond acceptors (Lipinski definition) is 4. The molecule has 0 saturated carbocycles. The van der Waals surface area contributed by atoms with Gasteiger partial charge < -0.3 is 9.84 Å². The summed E-state index contributed by atoms with van der Waals surface area (Å²) in [5.41, 5.74) is 1.75. The molecule has 5 nitrogen and oxygen atoms in total. The second-order valence-corrected chi connectivity index (χ2v) is 5.74. The number of sulfonamides is 1. The van der Waals surface area contributed by atoms with Gasteiger partial charge in [-0.15, -0.1) is 0 Å². The lowest BCUT2D eigenvalue weighted by molar-refractivity contribution is 0.0961. The average Bonchev–Trinajstić information content (AvgIpc) is 2.28. The van der Waals surface area contributed by atoms with E-state index in [9.17, 15) is 8.42 Å². The molecule has 0 fully saturated rings. The standard InChI is InChI=1S/C12H19NO4S/c1-10-3-4-12(11(2)9-10)18(15,16)13-5-7-17-8-6-14/h3-4,9,13-14H,5-8H2,1-2H3. The lowest BCUT2D eigenvalue weighted by atomic mass is 10.2. The molecule has 0 spiro atoms. The van der Waals surface area contributed by atoms with E-state index in [0.29, 0.717) is 0 Å². The summed E-state index contributed by atoms with van der Waals surface area (Å²) >= 11 is 0. The van der Waals surface area contributed by atoms with E-state index in [0.717, 1.165) is 11.1 Å². The van der Waals surface area contributed by atoms with Gasteiger partial charge in [-0.25, -0.2) is 13.1 Å². The number of aliphatic hydroxyl groups is 1. The summed E-state index contributed by atoms with van der Waals surface area (Å²) in [7, 11) is -3.49. The van der Waals surface area contributed by atoms with Crippen LogP contribution in [0.15, 0.2) is 23.1 Å². The fourth-order valence-electron chi connectivity index (χ4n) is 1.59. The zero-order valence-electron chi connectivity index (χ0n) is 10.6. The number of rotatable bonds is 7. The van der Waals surface area contributed by atoms with E-state index in [1.54, 1.807) is 19.1 Å². The molecule has 0 saturated heterocycles. The molecular weight excluding hydrogens is 254 g/mol. The van der Waals surface area contributed by atoms with Crippen molar-refractivity contribution in [3.63, 3.8) is 0 Å². The topological polar surface area (TPSA) is 75.6 Å². The third-order valence-corrected chi connectivity index (χ3v) is 4.02. The second-order valence-electron chi connectivity index (χ2n) is 4.00. The number of ether oxygens (including phenoxy) is 1. The van der Waals surface area contributed by atoms with E-state index in [2.05, 4.69) is 4.72 Å². The summed E-state index contributed by atoms with van der Waals surface area (Å²) in [6, 6.07) is 5.20. The summed E-state index contributed by atoms with van der Waals surface area (Å²) in [5, 5.41) is 8.50. The smallest absolute Gasteiger partial charge is 0.240 e. The SMILES string of the molecule is Cc1ccc(S(=O)(=O)NCCOCCO)c(C)c1. The van der Waals surface area contributed by atoms with E-state index in [1.807, 2.05) is 13.0 Å². The van der Waals surface area contributed by atoms with Crippen LogP contribution in [-0.4, -0.2) is 39.9 Å². The van der Waals surface area contributed by atoms with Crippen molar-refractivity contribution in [3.8, 4) is 0 Å². The molecule has 0 unspecified atom stereocenters. The van der Waals surface area contributed by atoms with Gasteiger partial charge in [0.25, 0.3) is 0 Å². The van der Waals surface area contributed by atoms with Crippen LogP contribution in [0, 0.1) is 13.8 Å². The molecule has 2 N–H and O–H groups in total. The van der Waals surface area contributed by atoms with Crippen LogP contribution in [0.1, 0.15) is 11.1 Å². The first-order chi connectivity index (χ1) is 8.47. The Morgan fingerprint density at radius 1 is 1.28 bits per heavy atom. The van der Waals surface area contributed by atoms with Crippen LogP contribution in [0.2, 0.25) is 0 Å². The van der Waals surface area contributed by atoms with Crippen LogP contribution in [-0.2, 0) is 14.8 Å². The maximum atomic E-state index is 12.0. The van der Waals surface area contributed by atoms with Crippen LogP contribution in [0.25, 0.3) is 0 Å². The Hall–Kier alpha value is -0.950. The van der Waals surface area contributed by atoms with Gasteiger partial charge in [-0.2, -0.15) is 0 Å². The summed E-state index contributed by atoms with van der Waals surface area (Å²) in [6.07, 6.45) is 0. The van der Waals surface area contributed by atoms with Gasteiger partial charge >= 0.3 is 0 Å². The van der Waals surface area contributed by atoms with Gasteiger partial charge in [0.2, 0.25) is 10.0 Å². The fourth-order valence-corrected chi connectivity index (χ4v) is 2.83. The molecule has 1 aromatic carbocycles. The van der Waals surface area contributed by atoms with Gasteiger partial charge in [-0.05, 0) is 25.5 Å².